The maximum Gasteiger partial charge on any atom is 0.223 e. The number of phenols is 1. The van der Waals surface area contributed by atoms with Gasteiger partial charge in [-0.3, -0.25) is 4.79 Å². The summed E-state index contributed by atoms with van der Waals surface area (Å²) >= 11 is 0. The van der Waals surface area contributed by atoms with Crippen LogP contribution >= 0.6 is 0 Å². The number of amides is 1. The number of carbonyl (C=O) groups is 1. The molecule has 3 N–H and O–H groups in total. The monoisotopic (exact) mass is 474 g/mol. The SMILES string of the molecule is CCCCCCCCCCCCCC(C)C(=O)N[C@H](CN1CCCC1)[C@H](O)c1ccc(O)cc1. The first kappa shape index (κ1) is 28.6. The zero-order valence-electron chi connectivity index (χ0n) is 21.8. The summed E-state index contributed by atoms with van der Waals surface area (Å²) in [5.41, 5.74) is 0.723. The topological polar surface area (TPSA) is 72.8 Å². The number of rotatable bonds is 18. The van der Waals surface area contributed by atoms with Crippen LogP contribution in [0, 0.1) is 5.92 Å². The first-order valence-corrected chi connectivity index (χ1v) is 14.0. The van der Waals surface area contributed by atoms with E-state index < -0.39 is 6.10 Å². The molecular weight excluding hydrogens is 424 g/mol. The van der Waals surface area contributed by atoms with Crippen LogP contribution in [0.5, 0.6) is 5.75 Å². The number of carbonyl (C=O) groups excluding carboxylic acids is 1. The van der Waals surface area contributed by atoms with Crippen molar-refractivity contribution in [1.29, 1.82) is 0 Å². The fraction of sp³-hybridized carbons (Fsp3) is 0.759. The molecule has 1 fully saturated rings. The van der Waals surface area contributed by atoms with Gasteiger partial charge in [0.05, 0.1) is 6.04 Å². The minimum absolute atomic E-state index is 0.0362. The van der Waals surface area contributed by atoms with Gasteiger partial charge in [-0.1, -0.05) is 96.6 Å². The van der Waals surface area contributed by atoms with Crippen LogP contribution in [0.15, 0.2) is 24.3 Å². The van der Waals surface area contributed by atoms with E-state index in [1.807, 2.05) is 6.92 Å². The summed E-state index contributed by atoms with van der Waals surface area (Å²) in [6, 6.07) is 6.29. The highest BCUT2D eigenvalue weighted by Crippen LogP contribution is 2.22. The smallest absolute Gasteiger partial charge is 0.223 e. The quantitative estimate of drug-likeness (QED) is 0.217. The predicted octanol–water partition coefficient (Wildman–Crippen LogP) is 6.34. The van der Waals surface area contributed by atoms with E-state index in [-0.39, 0.29) is 23.6 Å². The lowest BCUT2D eigenvalue weighted by molar-refractivity contribution is -0.126. The van der Waals surface area contributed by atoms with E-state index in [2.05, 4.69) is 17.1 Å². The van der Waals surface area contributed by atoms with Gasteiger partial charge < -0.3 is 20.4 Å². The Labute approximate surface area is 208 Å². The Morgan fingerprint density at radius 2 is 1.44 bits per heavy atom. The number of hydrogen-bond acceptors (Lipinski definition) is 4. The summed E-state index contributed by atoms with van der Waals surface area (Å²) in [6.45, 7) is 6.95. The van der Waals surface area contributed by atoms with Crippen LogP contribution in [0.25, 0.3) is 0 Å². The highest BCUT2D eigenvalue weighted by atomic mass is 16.3. The molecule has 194 valence electrons. The molecule has 2 rings (SSSR count). The number of phenolic OH excluding ortho intramolecular Hbond substituents is 1. The van der Waals surface area contributed by atoms with Crippen LogP contribution in [0.1, 0.15) is 115 Å². The third kappa shape index (κ3) is 11.2. The molecule has 1 unspecified atom stereocenters. The Morgan fingerprint density at radius 3 is 2.00 bits per heavy atom. The maximum absolute atomic E-state index is 12.9. The average molecular weight is 475 g/mol. The Kier molecular flexibility index (Phi) is 14.3. The number of benzene rings is 1. The number of aromatic hydroxyl groups is 1. The Balaban J connectivity index is 1.70. The number of nitrogens with one attached hydrogen (secondary N) is 1. The minimum atomic E-state index is -0.792. The van der Waals surface area contributed by atoms with Crippen molar-refractivity contribution in [3.05, 3.63) is 29.8 Å². The maximum atomic E-state index is 12.9. The number of aliphatic hydroxyl groups is 1. The molecule has 1 amide bonds. The molecule has 1 heterocycles. The van der Waals surface area contributed by atoms with E-state index >= 15 is 0 Å². The first-order valence-electron chi connectivity index (χ1n) is 14.0. The molecule has 1 aromatic carbocycles. The first-order chi connectivity index (χ1) is 16.5. The summed E-state index contributed by atoms with van der Waals surface area (Å²) in [5, 5.41) is 23.7. The molecule has 0 bridgehead atoms. The number of likely N-dealkylation sites (tertiary alicyclic amines) is 1. The zero-order valence-corrected chi connectivity index (χ0v) is 21.8. The van der Waals surface area contributed by atoms with Crippen LogP contribution < -0.4 is 5.32 Å². The normalized spacial score (nSPS) is 16.9. The second-order valence-electron chi connectivity index (χ2n) is 10.4. The molecule has 1 aliphatic heterocycles. The van der Waals surface area contributed by atoms with E-state index in [1.165, 1.54) is 77.0 Å². The molecule has 0 radical (unpaired) electrons. The number of unbranched alkanes of at least 4 members (excludes halogenated alkanes) is 10. The van der Waals surface area contributed by atoms with E-state index in [4.69, 9.17) is 0 Å². The van der Waals surface area contributed by atoms with Gasteiger partial charge in [0.25, 0.3) is 0 Å². The van der Waals surface area contributed by atoms with Gasteiger partial charge in [-0.15, -0.1) is 0 Å². The van der Waals surface area contributed by atoms with E-state index in [0.717, 1.165) is 31.5 Å². The van der Waals surface area contributed by atoms with E-state index in [9.17, 15) is 15.0 Å². The summed E-state index contributed by atoms with van der Waals surface area (Å²) in [7, 11) is 0. The van der Waals surface area contributed by atoms with Crippen LogP contribution in [0.2, 0.25) is 0 Å². The fourth-order valence-electron chi connectivity index (χ4n) is 4.94. The van der Waals surface area contributed by atoms with Crippen molar-refractivity contribution < 1.29 is 15.0 Å². The van der Waals surface area contributed by atoms with Crippen molar-refractivity contribution in [2.75, 3.05) is 19.6 Å². The summed E-state index contributed by atoms with van der Waals surface area (Å²) in [6.07, 6.45) is 16.9. The lowest BCUT2D eigenvalue weighted by atomic mass is 9.98. The van der Waals surface area contributed by atoms with Crippen molar-refractivity contribution in [3.63, 3.8) is 0 Å². The summed E-state index contributed by atoms with van der Waals surface area (Å²) < 4.78 is 0. The van der Waals surface area contributed by atoms with Crippen molar-refractivity contribution >= 4 is 5.91 Å². The molecule has 0 saturated carbocycles. The second kappa shape index (κ2) is 16.9. The molecule has 3 atom stereocenters. The predicted molar refractivity (Wildman–Crippen MR) is 141 cm³/mol. The third-order valence-corrected chi connectivity index (χ3v) is 7.29. The molecule has 0 aromatic heterocycles. The van der Waals surface area contributed by atoms with Crippen LogP contribution in [-0.4, -0.2) is 46.7 Å². The molecule has 1 saturated heterocycles. The van der Waals surface area contributed by atoms with Crippen molar-refractivity contribution in [2.24, 2.45) is 5.92 Å². The van der Waals surface area contributed by atoms with Crippen LogP contribution in [0.4, 0.5) is 0 Å². The fourth-order valence-corrected chi connectivity index (χ4v) is 4.94. The van der Waals surface area contributed by atoms with Gasteiger partial charge in [-0.05, 0) is 50.0 Å². The Hall–Kier alpha value is -1.59. The standard InChI is InChI=1S/C29H50N2O3/c1-3-4-5-6-7-8-9-10-11-12-13-16-24(2)29(34)30-27(23-31-21-14-15-22-31)28(33)25-17-19-26(32)20-18-25/h17-20,24,27-28,32-33H,3-16,21-23H2,1-2H3,(H,30,34)/t24?,27-,28-/m1/s1. The molecule has 0 aliphatic carbocycles. The van der Waals surface area contributed by atoms with Gasteiger partial charge in [0.15, 0.2) is 0 Å². The van der Waals surface area contributed by atoms with E-state index in [1.54, 1.807) is 24.3 Å². The lowest BCUT2D eigenvalue weighted by Gasteiger charge is -2.29. The second-order valence-corrected chi connectivity index (χ2v) is 10.4. The van der Waals surface area contributed by atoms with Crippen LogP contribution in [-0.2, 0) is 4.79 Å². The van der Waals surface area contributed by atoms with Gasteiger partial charge in [-0.2, -0.15) is 0 Å². The molecule has 1 aliphatic rings. The third-order valence-electron chi connectivity index (χ3n) is 7.29. The summed E-state index contributed by atoms with van der Waals surface area (Å²) in [4.78, 5) is 15.3. The van der Waals surface area contributed by atoms with Crippen LogP contribution in [0.3, 0.4) is 0 Å². The number of hydrogen-bond donors (Lipinski definition) is 3. The molecule has 0 spiro atoms. The van der Waals surface area contributed by atoms with Crippen molar-refractivity contribution in [2.45, 2.75) is 116 Å². The average Bonchev–Trinajstić information content (AvgIpc) is 3.35. The van der Waals surface area contributed by atoms with Gasteiger partial charge in [0.1, 0.15) is 11.9 Å². The van der Waals surface area contributed by atoms with Gasteiger partial charge >= 0.3 is 0 Å². The minimum Gasteiger partial charge on any atom is -0.508 e. The highest BCUT2D eigenvalue weighted by molar-refractivity contribution is 5.78. The highest BCUT2D eigenvalue weighted by Gasteiger charge is 2.28. The van der Waals surface area contributed by atoms with Gasteiger partial charge in [-0.25, -0.2) is 0 Å². The molecule has 5 nitrogen and oxygen atoms in total. The molecule has 5 heteroatoms. The Morgan fingerprint density at radius 1 is 0.912 bits per heavy atom. The molecular formula is C29H50N2O3. The summed E-state index contributed by atoms with van der Waals surface area (Å²) in [5.74, 6) is 0.164. The number of aliphatic hydroxyl groups excluding tert-OH is 1. The number of nitrogens with zero attached hydrogens (tertiary/aromatic N) is 1. The van der Waals surface area contributed by atoms with E-state index in [0.29, 0.717) is 6.54 Å². The van der Waals surface area contributed by atoms with Gasteiger partial charge in [0, 0.05) is 12.5 Å². The Bertz CT molecular complexity index is 658. The molecule has 34 heavy (non-hydrogen) atoms. The van der Waals surface area contributed by atoms with Gasteiger partial charge in [0.2, 0.25) is 5.91 Å². The van der Waals surface area contributed by atoms with Crippen molar-refractivity contribution in [3.8, 4) is 5.75 Å². The lowest BCUT2D eigenvalue weighted by Crippen LogP contribution is -2.48. The van der Waals surface area contributed by atoms with Crippen molar-refractivity contribution in [1.82, 2.24) is 10.2 Å². The molecule has 1 aromatic rings. The largest absolute Gasteiger partial charge is 0.508 e. The zero-order chi connectivity index (χ0) is 24.6.